The summed E-state index contributed by atoms with van der Waals surface area (Å²) < 4.78 is 10.4. The fourth-order valence-corrected chi connectivity index (χ4v) is 2.53. The van der Waals surface area contributed by atoms with Gasteiger partial charge in [0, 0.05) is 47.0 Å². The van der Waals surface area contributed by atoms with Gasteiger partial charge in [0.05, 0.1) is 0 Å². The van der Waals surface area contributed by atoms with Crippen LogP contribution in [0.15, 0.2) is 6.07 Å². The molecule has 20 heavy (non-hydrogen) atoms. The van der Waals surface area contributed by atoms with E-state index in [1.54, 1.807) is 14.2 Å². The summed E-state index contributed by atoms with van der Waals surface area (Å²) in [6.07, 6.45) is 2.29. The van der Waals surface area contributed by atoms with E-state index >= 15 is 0 Å². The maximum atomic E-state index is 5.24. The molecule has 1 aromatic rings. The number of piperidine rings is 1. The van der Waals surface area contributed by atoms with E-state index < -0.39 is 0 Å². The Balaban J connectivity index is 2.06. The molecule has 2 heterocycles. The Labute approximate surface area is 120 Å². The van der Waals surface area contributed by atoms with Crippen LogP contribution in [0.5, 0.6) is 0 Å². The average Bonchev–Trinajstić information content (AvgIpc) is 2.48. The van der Waals surface area contributed by atoms with Gasteiger partial charge in [-0.1, -0.05) is 0 Å². The Hall–Kier alpha value is -1.40. The van der Waals surface area contributed by atoms with Crippen LogP contribution in [0.3, 0.4) is 0 Å². The second-order valence-electron chi connectivity index (χ2n) is 5.10. The molecule has 0 radical (unpaired) electrons. The molecule has 0 spiro atoms. The van der Waals surface area contributed by atoms with Crippen LogP contribution in [-0.4, -0.2) is 50.9 Å². The lowest BCUT2D eigenvalue weighted by Gasteiger charge is -2.32. The molecule has 1 aromatic heterocycles. The fourth-order valence-electron chi connectivity index (χ4n) is 2.53. The van der Waals surface area contributed by atoms with Crippen molar-refractivity contribution in [2.75, 3.05) is 51.2 Å². The first-order chi connectivity index (χ1) is 9.76. The molecule has 0 aliphatic carbocycles. The average molecular weight is 280 g/mol. The van der Waals surface area contributed by atoms with E-state index in [0.29, 0.717) is 18.3 Å². The van der Waals surface area contributed by atoms with Crippen molar-refractivity contribution in [3.63, 3.8) is 0 Å². The predicted molar refractivity (Wildman–Crippen MR) is 79.1 cm³/mol. The molecule has 1 N–H and O–H groups in total. The molecule has 6 heteroatoms. The van der Waals surface area contributed by atoms with Gasteiger partial charge in [0.15, 0.2) is 5.82 Å². The normalized spacial score (nSPS) is 16.4. The van der Waals surface area contributed by atoms with Crippen molar-refractivity contribution in [2.45, 2.75) is 19.4 Å². The second kappa shape index (κ2) is 7.40. The van der Waals surface area contributed by atoms with E-state index in [-0.39, 0.29) is 0 Å². The van der Waals surface area contributed by atoms with Crippen LogP contribution in [0.25, 0.3) is 0 Å². The Bertz CT molecular complexity index is 420. The van der Waals surface area contributed by atoms with E-state index in [9.17, 15) is 0 Å². The number of anilines is 2. The number of methoxy groups -OCH3 is 2. The van der Waals surface area contributed by atoms with Crippen molar-refractivity contribution >= 4 is 11.6 Å². The first-order valence-corrected chi connectivity index (χ1v) is 7.05. The molecule has 0 unspecified atom stereocenters. The molecular formula is C14H24N4O2. The maximum Gasteiger partial charge on any atom is 0.158 e. The molecule has 0 aromatic carbocycles. The summed E-state index contributed by atoms with van der Waals surface area (Å²) in [5.74, 6) is 3.20. The minimum absolute atomic E-state index is 0.433. The highest BCUT2D eigenvalue weighted by atomic mass is 16.5. The topological polar surface area (TPSA) is 59.5 Å². The Morgan fingerprint density at radius 2 is 2.00 bits per heavy atom. The monoisotopic (exact) mass is 280 g/mol. The summed E-state index contributed by atoms with van der Waals surface area (Å²) in [5.41, 5.74) is 0. The van der Waals surface area contributed by atoms with Gasteiger partial charge < -0.3 is 19.7 Å². The third-order valence-electron chi connectivity index (χ3n) is 3.63. The van der Waals surface area contributed by atoms with Crippen LogP contribution in [0.4, 0.5) is 11.6 Å². The molecular weight excluding hydrogens is 256 g/mol. The molecule has 0 saturated carbocycles. The lowest BCUT2D eigenvalue weighted by molar-refractivity contribution is 0.139. The van der Waals surface area contributed by atoms with Gasteiger partial charge in [0.25, 0.3) is 0 Å². The van der Waals surface area contributed by atoms with Gasteiger partial charge in [0.1, 0.15) is 18.2 Å². The lowest BCUT2D eigenvalue weighted by atomic mass is 9.98. The summed E-state index contributed by atoms with van der Waals surface area (Å²) in [5, 5.41) is 3.08. The SMILES string of the molecule is CNc1cc(N2CCC(COC)CC2)nc(COC)n1. The summed E-state index contributed by atoms with van der Waals surface area (Å²) >= 11 is 0. The third kappa shape index (κ3) is 3.80. The quantitative estimate of drug-likeness (QED) is 0.852. The summed E-state index contributed by atoms with van der Waals surface area (Å²) in [6, 6.07) is 2.00. The van der Waals surface area contributed by atoms with Crippen molar-refractivity contribution in [1.29, 1.82) is 0 Å². The number of hydrogen-bond donors (Lipinski definition) is 1. The van der Waals surface area contributed by atoms with Gasteiger partial charge in [-0.15, -0.1) is 0 Å². The Morgan fingerprint density at radius 3 is 2.60 bits per heavy atom. The van der Waals surface area contributed by atoms with Gasteiger partial charge in [-0.2, -0.15) is 0 Å². The summed E-state index contributed by atoms with van der Waals surface area (Å²) in [6.45, 7) is 3.32. The molecule has 112 valence electrons. The van der Waals surface area contributed by atoms with E-state index in [1.807, 2.05) is 13.1 Å². The van der Waals surface area contributed by atoms with Crippen molar-refractivity contribution in [1.82, 2.24) is 9.97 Å². The lowest BCUT2D eigenvalue weighted by Crippen LogP contribution is -2.35. The zero-order valence-electron chi connectivity index (χ0n) is 12.6. The van der Waals surface area contributed by atoms with Crippen LogP contribution in [0.1, 0.15) is 18.7 Å². The predicted octanol–water partition coefficient (Wildman–Crippen LogP) is 1.53. The number of rotatable bonds is 6. The largest absolute Gasteiger partial charge is 0.384 e. The molecule has 0 bridgehead atoms. The molecule has 1 aliphatic rings. The molecule has 0 atom stereocenters. The van der Waals surface area contributed by atoms with Crippen LogP contribution >= 0.6 is 0 Å². The van der Waals surface area contributed by atoms with E-state index in [2.05, 4.69) is 20.2 Å². The smallest absolute Gasteiger partial charge is 0.158 e. The van der Waals surface area contributed by atoms with Gasteiger partial charge in [-0.3, -0.25) is 0 Å². The Morgan fingerprint density at radius 1 is 1.25 bits per heavy atom. The standard InChI is InChI=1S/C14H24N4O2/c1-15-12-8-14(17-13(16-12)10-20-3)18-6-4-11(5-7-18)9-19-2/h8,11H,4-7,9-10H2,1-3H3,(H,15,16,17). The van der Waals surface area contributed by atoms with E-state index in [4.69, 9.17) is 9.47 Å². The number of hydrogen-bond acceptors (Lipinski definition) is 6. The van der Waals surface area contributed by atoms with Crippen LogP contribution in [0, 0.1) is 5.92 Å². The summed E-state index contributed by atoms with van der Waals surface area (Å²) in [7, 11) is 5.30. The highest BCUT2D eigenvalue weighted by Gasteiger charge is 2.20. The number of aromatic nitrogens is 2. The van der Waals surface area contributed by atoms with Crippen LogP contribution in [0.2, 0.25) is 0 Å². The van der Waals surface area contributed by atoms with Crippen molar-refractivity contribution in [2.24, 2.45) is 5.92 Å². The highest BCUT2D eigenvalue weighted by Crippen LogP contribution is 2.23. The van der Waals surface area contributed by atoms with Crippen LogP contribution in [-0.2, 0) is 16.1 Å². The fraction of sp³-hybridized carbons (Fsp3) is 0.714. The van der Waals surface area contributed by atoms with Gasteiger partial charge >= 0.3 is 0 Å². The first kappa shape index (κ1) is 15.0. The van der Waals surface area contributed by atoms with E-state index in [0.717, 1.165) is 44.2 Å². The first-order valence-electron chi connectivity index (χ1n) is 7.05. The van der Waals surface area contributed by atoms with Crippen molar-refractivity contribution in [3.8, 4) is 0 Å². The van der Waals surface area contributed by atoms with Crippen molar-refractivity contribution < 1.29 is 9.47 Å². The zero-order chi connectivity index (χ0) is 14.4. The van der Waals surface area contributed by atoms with Crippen LogP contribution < -0.4 is 10.2 Å². The number of ether oxygens (including phenoxy) is 2. The molecule has 1 fully saturated rings. The highest BCUT2D eigenvalue weighted by molar-refractivity contribution is 5.49. The zero-order valence-corrected chi connectivity index (χ0v) is 12.6. The maximum absolute atomic E-state index is 5.24. The third-order valence-corrected chi connectivity index (χ3v) is 3.63. The number of nitrogens with zero attached hydrogens (tertiary/aromatic N) is 3. The molecule has 1 saturated heterocycles. The second-order valence-corrected chi connectivity index (χ2v) is 5.10. The van der Waals surface area contributed by atoms with Gasteiger partial charge in [-0.05, 0) is 18.8 Å². The van der Waals surface area contributed by atoms with Gasteiger partial charge in [0.2, 0.25) is 0 Å². The van der Waals surface area contributed by atoms with E-state index in [1.165, 1.54) is 0 Å². The molecule has 2 rings (SSSR count). The summed E-state index contributed by atoms with van der Waals surface area (Å²) in [4.78, 5) is 11.3. The minimum Gasteiger partial charge on any atom is -0.384 e. The minimum atomic E-state index is 0.433. The molecule has 1 aliphatic heterocycles. The number of nitrogens with one attached hydrogen (secondary N) is 1. The van der Waals surface area contributed by atoms with Gasteiger partial charge in [-0.25, -0.2) is 9.97 Å². The molecule has 6 nitrogen and oxygen atoms in total. The molecule has 0 amide bonds. The Kier molecular flexibility index (Phi) is 5.55. The van der Waals surface area contributed by atoms with Crippen molar-refractivity contribution in [3.05, 3.63) is 11.9 Å².